The van der Waals surface area contributed by atoms with Crippen LogP contribution in [0.1, 0.15) is 31.0 Å². The Hall–Kier alpha value is -2.35. The summed E-state index contributed by atoms with van der Waals surface area (Å²) in [6, 6.07) is 19.4. The van der Waals surface area contributed by atoms with Gasteiger partial charge in [0.1, 0.15) is 5.82 Å². The lowest BCUT2D eigenvalue weighted by atomic mass is 10.0. The molecule has 1 N–H and O–H groups in total. The Kier molecular flexibility index (Phi) is 3.87. The average molecular weight is 276 g/mol. The van der Waals surface area contributed by atoms with Crippen LogP contribution in [0.4, 0.5) is 5.82 Å². The number of nitrogens with zero attached hydrogens (tertiary/aromatic N) is 1. The third-order valence-electron chi connectivity index (χ3n) is 3.91. The number of fused-ring (bicyclic) bond motifs is 1. The van der Waals surface area contributed by atoms with Crippen LogP contribution >= 0.6 is 0 Å². The van der Waals surface area contributed by atoms with E-state index in [-0.39, 0.29) is 6.04 Å². The second-order valence-corrected chi connectivity index (χ2v) is 5.34. The molecular formula is C19H20N2. The number of benzene rings is 2. The lowest BCUT2D eigenvalue weighted by molar-refractivity contribution is 0.875. The van der Waals surface area contributed by atoms with Crippen molar-refractivity contribution in [1.29, 1.82) is 0 Å². The molecule has 0 aliphatic rings. The molecule has 0 saturated heterocycles. The van der Waals surface area contributed by atoms with Gasteiger partial charge in [-0.05, 0) is 35.9 Å². The molecule has 0 aliphatic heterocycles. The molecular weight excluding hydrogens is 256 g/mol. The molecule has 2 heteroatoms. The molecule has 0 radical (unpaired) electrons. The largest absolute Gasteiger partial charge is 0.363 e. The minimum absolute atomic E-state index is 0.231. The molecule has 1 heterocycles. The van der Waals surface area contributed by atoms with Gasteiger partial charge in [0.15, 0.2) is 0 Å². The Labute approximate surface area is 125 Å². The highest BCUT2D eigenvalue weighted by Crippen LogP contribution is 2.25. The Balaban J connectivity index is 1.87. The monoisotopic (exact) mass is 276 g/mol. The number of rotatable bonds is 4. The van der Waals surface area contributed by atoms with E-state index in [1.807, 2.05) is 12.3 Å². The zero-order chi connectivity index (χ0) is 14.7. The number of aryl methyl sites for hydroxylation is 1. The maximum absolute atomic E-state index is 4.49. The predicted molar refractivity (Wildman–Crippen MR) is 89.6 cm³/mol. The zero-order valence-corrected chi connectivity index (χ0v) is 12.5. The number of pyridine rings is 1. The van der Waals surface area contributed by atoms with Crippen LogP contribution in [0, 0.1) is 0 Å². The first-order valence-corrected chi connectivity index (χ1v) is 7.47. The summed E-state index contributed by atoms with van der Waals surface area (Å²) < 4.78 is 0. The fourth-order valence-corrected chi connectivity index (χ4v) is 2.57. The predicted octanol–water partition coefficient (Wildman–Crippen LogP) is 4.97. The number of hydrogen-bond acceptors (Lipinski definition) is 2. The Morgan fingerprint density at radius 2 is 1.76 bits per heavy atom. The molecule has 106 valence electrons. The van der Waals surface area contributed by atoms with Gasteiger partial charge in [0, 0.05) is 17.6 Å². The third-order valence-corrected chi connectivity index (χ3v) is 3.91. The summed E-state index contributed by atoms with van der Waals surface area (Å²) in [4.78, 5) is 4.49. The van der Waals surface area contributed by atoms with Crippen molar-refractivity contribution in [2.45, 2.75) is 26.3 Å². The van der Waals surface area contributed by atoms with E-state index in [0.29, 0.717) is 0 Å². The maximum Gasteiger partial charge on any atom is 0.134 e. The fourth-order valence-electron chi connectivity index (χ4n) is 2.57. The molecule has 0 spiro atoms. The molecule has 2 aromatic carbocycles. The van der Waals surface area contributed by atoms with Crippen LogP contribution < -0.4 is 5.32 Å². The number of aromatic nitrogens is 1. The van der Waals surface area contributed by atoms with Crippen molar-refractivity contribution in [1.82, 2.24) is 4.98 Å². The first-order valence-electron chi connectivity index (χ1n) is 7.47. The molecule has 0 saturated carbocycles. The Morgan fingerprint density at radius 3 is 2.52 bits per heavy atom. The summed E-state index contributed by atoms with van der Waals surface area (Å²) in [7, 11) is 0. The minimum atomic E-state index is 0.231. The summed E-state index contributed by atoms with van der Waals surface area (Å²) in [6.07, 6.45) is 2.94. The van der Waals surface area contributed by atoms with Crippen molar-refractivity contribution in [2.75, 3.05) is 5.32 Å². The molecule has 1 aromatic heterocycles. The number of hydrogen-bond donors (Lipinski definition) is 1. The number of anilines is 1. The van der Waals surface area contributed by atoms with E-state index < -0.39 is 0 Å². The average Bonchev–Trinajstić information content (AvgIpc) is 2.55. The van der Waals surface area contributed by atoms with Crippen LogP contribution in [0.3, 0.4) is 0 Å². The summed E-state index contributed by atoms with van der Waals surface area (Å²) in [6.45, 7) is 4.35. The van der Waals surface area contributed by atoms with Crippen LogP contribution in [0.5, 0.6) is 0 Å². The van der Waals surface area contributed by atoms with Gasteiger partial charge >= 0.3 is 0 Å². The standard InChI is InChI=1S/C19H20N2/c1-3-15-8-10-16(11-9-15)14(2)21-19-18-7-5-4-6-17(18)12-13-20-19/h4-14H,3H2,1-2H3,(H,20,21). The van der Waals surface area contributed by atoms with E-state index in [4.69, 9.17) is 0 Å². The SMILES string of the molecule is CCc1ccc(C(C)Nc2nccc3ccccc23)cc1. The smallest absolute Gasteiger partial charge is 0.134 e. The first kappa shape index (κ1) is 13.6. The van der Waals surface area contributed by atoms with E-state index in [9.17, 15) is 0 Å². The molecule has 1 atom stereocenters. The molecule has 3 aromatic rings. The van der Waals surface area contributed by atoms with Crippen LogP contribution in [0.15, 0.2) is 60.8 Å². The van der Waals surface area contributed by atoms with Crippen molar-refractivity contribution < 1.29 is 0 Å². The molecule has 2 nitrogen and oxygen atoms in total. The molecule has 21 heavy (non-hydrogen) atoms. The van der Waals surface area contributed by atoms with Crippen LogP contribution in [0.25, 0.3) is 10.8 Å². The van der Waals surface area contributed by atoms with Gasteiger partial charge in [0.05, 0.1) is 0 Å². The molecule has 0 amide bonds. The van der Waals surface area contributed by atoms with Crippen LogP contribution in [0.2, 0.25) is 0 Å². The van der Waals surface area contributed by atoms with Gasteiger partial charge in [-0.25, -0.2) is 4.98 Å². The summed E-state index contributed by atoms with van der Waals surface area (Å²) in [5.41, 5.74) is 2.65. The van der Waals surface area contributed by atoms with Crippen molar-refractivity contribution in [2.24, 2.45) is 0 Å². The second kappa shape index (κ2) is 5.96. The fraction of sp³-hybridized carbons (Fsp3) is 0.211. The summed E-state index contributed by atoms with van der Waals surface area (Å²) in [5, 5.41) is 5.90. The van der Waals surface area contributed by atoms with Crippen molar-refractivity contribution in [3.05, 3.63) is 71.9 Å². The molecule has 0 fully saturated rings. The van der Waals surface area contributed by atoms with Crippen molar-refractivity contribution >= 4 is 16.6 Å². The zero-order valence-electron chi connectivity index (χ0n) is 12.5. The third kappa shape index (κ3) is 2.89. The van der Waals surface area contributed by atoms with Gasteiger partial charge in [-0.1, -0.05) is 55.5 Å². The maximum atomic E-state index is 4.49. The van der Waals surface area contributed by atoms with Gasteiger partial charge in [-0.2, -0.15) is 0 Å². The molecule has 0 aliphatic carbocycles. The molecule has 3 rings (SSSR count). The van der Waals surface area contributed by atoms with Gasteiger partial charge in [-0.15, -0.1) is 0 Å². The van der Waals surface area contributed by atoms with E-state index in [1.165, 1.54) is 16.5 Å². The Bertz CT molecular complexity index is 727. The van der Waals surface area contributed by atoms with E-state index >= 15 is 0 Å². The minimum Gasteiger partial charge on any atom is -0.363 e. The second-order valence-electron chi connectivity index (χ2n) is 5.34. The van der Waals surface area contributed by atoms with E-state index in [2.05, 4.69) is 72.7 Å². The summed E-state index contributed by atoms with van der Waals surface area (Å²) in [5.74, 6) is 0.945. The van der Waals surface area contributed by atoms with Gasteiger partial charge in [0.2, 0.25) is 0 Å². The molecule has 0 bridgehead atoms. The first-order chi connectivity index (χ1) is 10.3. The van der Waals surface area contributed by atoms with Crippen LogP contribution in [-0.4, -0.2) is 4.98 Å². The Morgan fingerprint density at radius 1 is 1.00 bits per heavy atom. The highest BCUT2D eigenvalue weighted by atomic mass is 15.0. The van der Waals surface area contributed by atoms with Crippen molar-refractivity contribution in [3.8, 4) is 0 Å². The van der Waals surface area contributed by atoms with Gasteiger partial charge in [-0.3, -0.25) is 0 Å². The van der Waals surface area contributed by atoms with E-state index in [1.54, 1.807) is 0 Å². The quantitative estimate of drug-likeness (QED) is 0.727. The van der Waals surface area contributed by atoms with E-state index in [0.717, 1.165) is 17.6 Å². The van der Waals surface area contributed by atoms with Crippen molar-refractivity contribution in [3.63, 3.8) is 0 Å². The summed E-state index contributed by atoms with van der Waals surface area (Å²) >= 11 is 0. The van der Waals surface area contributed by atoms with Gasteiger partial charge < -0.3 is 5.32 Å². The van der Waals surface area contributed by atoms with Crippen LogP contribution in [-0.2, 0) is 6.42 Å². The lowest BCUT2D eigenvalue weighted by Crippen LogP contribution is -2.08. The lowest BCUT2D eigenvalue weighted by Gasteiger charge is -2.16. The highest BCUT2D eigenvalue weighted by molar-refractivity contribution is 5.91. The normalized spacial score (nSPS) is 12.3. The highest BCUT2D eigenvalue weighted by Gasteiger charge is 2.08. The van der Waals surface area contributed by atoms with Gasteiger partial charge in [0.25, 0.3) is 0 Å². The molecule has 1 unspecified atom stereocenters. The number of nitrogens with one attached hydrogen (secondary N) is 1. The topological polar surface area (TPSA) is 24.9 Å².